The molecular formula is C10H20IN. The first-order chi connectivity index (χ1) is 5.93. The highest BCUT2D eigenvalue weighted by Gasteiger charge is 2.10. The zero-order valence-corrected chi connectivity index (χ0v) is 9.98. The highest BCUT2D eigenvalue weighted by atomic mass is 127. The lowest BCUT2D eigenvalue weighted by atomic mass is 10.1. The Morgan fingerprint density at radius 3 is 2.33 bits per heavy atom. The molecule has 0 saturated heterocycles. The third-order valence-electron chi connectivity index (χ3n) is 2.60. The first-order valence-corrected chi connectivity index (χ1v) is 6.75. The van der Waals surface area contributed by atoms with Gasteiger partial charge in [-0.3, -0.25) is 0 Å². The molecule has 0 spiro atoms. The van der Waals surface area contributed by atoms with Crippen LogP contribution in [-0.2, 0) is 0 Å². The molecule has 1 fully saturated rings. The molecule has 1 saturated carbocycles. The number of hydrogen-bond donors (Lipinski definition) is 1. The first kappa shape index (κ1) is 10.8. The Balaban J connectivity index is 2.04. The van der Waals surface area contributed by atoms with Crippen LogP contribution in [0.5, 0.6) is 0 Å². The summed E-state index contributed by atoms with van der Waals surface area (Å²) in [6.45, 7) is 1.23. The van der Waals surface area contributed by atoms with E-state index in [1.54, 1.807) is 0 Å². The fourth-order valence-electron chi connectivity index (χ4n) is 1.86. The molecule has 0 aromatic carbocycles. The Morgan fingerprint density at radius 1 is 1.08 bits per heavy atom. The summed E-state index contributed by atoms with van der Waals surface area (Å²) in [5.41, 5.74) is 0. The minimum absolute atomic E-state index is 0.843. The lowest BCUT2D eigenvalue weighted by Gasteiger charge is -2.15. The van der Waals surface area contributed by atoms with Crippen LogP contribution < -0.4 is 5.32 Å². The average Bonchev–Trinajstić information content (AvgIpc) is 2.33. The fourth-order valence-corrected chi connectivity index (χ4v) is 2.24. The molecule has 1 N–H and O–H groups in total. The molecule has 12 heavy (non-hydrogen) atoms. The summed E-state index contributed by atoms with van der Waals surface area (Å²) in [4.78, 5) is 0. The van der Waals surface area contributed by atoms with E-state index in [9.17, 15) is 0 Å². The van der Waals surface area contributed by atoms with E-state index < -0.39 is 0 Å². The maximum absolute atomic E-state index is 3.66. The van der Waals surface area contributed by atoms with Gasteiger partial charge >= 0.3 is 0 Å². The molecule has 0 bridgehead atoms. The molecular weight excluding hydrogens is 261 g/mol. The highest BCUT2D eigenvalue weighted by molar-refractivity contribution is 14.1. The summed E-state index contributed by atoms with van der Waals surface area (Å²) in [7, 11) is 0. The zero-order valence-electron chi connectivity index (χ0n) is 7.82. The van der Waals surface area contributed by atoms with E-state index in [0.29, 0.717) is 0 Å². The summed E-state index contributed by atoms with van der Waals surface area (Å²) < 4.78 is 1.29. The molecule has 0 aliphatic heterocycles. The van der Waals surface area contributed by atoms with Gasteiger partial charge in [0.1, 0.15) is 0 Å². The Bertz CT molecular complexity index is 98.0. The van der Waals surface area contributed by atoms with Crippen LogP contribution in [0.15, 0.2) is 0 Å². The van der Waals surface area contributed by atoms with Gasteiger partial charge in [-0.1, -0.05) is 48.3 Å². The Kier molecular flexibility index (Phi) is 6.40. The minimum atomic E-state index is 0.843. The number of alkyl halides is 1. The third kappa shape index (κ3) is 4.65. The van der Waals surface area contributed by atoms with Gasteiger partial charge in [-0.2, -0.15) is 0 Å². The lowest BCUT2D eigenvalue weighted by Crippen LogP contribution is -2.29. The SMILES string of the molecule is ICCCNC1CCCCCC1. The molecule has 0 heterocycles. The number of rotatable bonds is 4. The quantitative estimate of drug-likeness (QED) is 0.361. The topological polar surface area (TPSA) is 12.0 Å². The smallest absolute Gasteiger partial charge is 0.00670 e. The molecule has 1 aliphatic rings. The van der Waals surface area contributed by atoms with Gasteiger partial charge in [0.2, 0.25) is 0 Å². The monoisotopic (exact) mass is 281 g/mol. The average molecular weight is 281 g/mol. The molecule has 0 atom stereocenters. The summed E-state index contributed by atoms with van der Waals surface area (Å²) in [5, 5.41) is 3.66. The second-order valence-corrected chi connectivity index (χ2v) is 4.76. The van der Waals surface area contributed by atoms with Gasteiger partial charge in [-0.25, -0.2) is 0 Å². The van der Waals surface area contributed by atoms with E-state index in [4.69, 9.17) is 0 Å². The van der Waals surface area contributed by atoms with Crippen LogP contribution in [0.3, 0.4) is 0 Å². The summed E-state index contributed by atoms with van der Waals surface area (Å²) in [6.07, 6.45) is 9.98. The number of nitrogens with one attached hydrogen (secondary N) is 1. The van der Waals surface area contributed by atoms with Crippen molar-refractivity contribution in [1.29, 1.82) is 0 Å². The van der Waals surface area contributed by atoms with Crippen LogP contribution >= 0.6 is 22.6 Å². The predicted octanol–water partition coefficient (Wildman–Crippen LogP) is 3.12. The van der Waals surface area contributed by atoms with Gasteiger partial charge in [-0.05, 0) is 25.8 Å². The van der Waals surface area contributed by atoms with E-state index in [1.807, 2.05) is 0 Å². The normalized spacial score (nSPS) is 20.8. The number of hydrogen-bond acceptors (Lipinski definition) is 1. The van der Waals surface area contributed by atoms with Crippen LogP contribution in [-0.4, -0.2) is 17.0 Å². The summed E-state index contributed by atoms with van der Waals surface area (Å²) in [5.74, 6) is 0. The maximum Gasteiger partial charge on any atom is 0.00670 e. The van der Waals surface area contributed by atoms with Crippen molar-refractivity contribution in [2.24, 2.45) is 0 Å². The molecule has 2 heteroatoms. The standard InChI is InChI=1S/C10H20IN/c11-8-5-9-12-10-6-3-1-2-4-7-10/h10,12H,1-9H2. The van der Waals surface area contributed by atoms with E-state index in [1.165, 1.54) is 55.9 Å². The minimum Gasteiger partial charge on any atom is -0.314 e. The van der Waals surface area contributed by atoms with Crippen LogP contribution in [0.1, 0.15) is 44.9 Å². The maximum atomic E-state index is 3.66. The van der Waals surface area contributed by atoms with Gasteiger partial charge in [0.05, 0.1) is 0 Å². The third-order valence-corrected chi connectivity index (χ3v) is 3.36. The molecule has 0 radical (unpaired) electrons. The van der Waals surface area contributed by atoms with Crippen molar-refractivity contribution in [1.82, 2.24) is 5.32 Å². The summed E-state index contributed by atoms with van der Waals surface area (Å²) in [6, 6.07) is 0.843. The first-order valence-electron chi connectivity index (χ1n) is 5.23. The van der Waals surface area contributed by atoms with E-state index in [-0.39, 0.29) is 0 Å². The van der Waals surface area contributed by atoms with Crippen molar-refractivity contribution < 1.29 is 0 Å². The zero-order chi connectivity index (χ0) is 8.65. The van der Waals surface area contributed by atoms with E-state index >= 15 is 0 Å². The number of halogens is 1. The second kappa shape index (κ2) is 7.13. The molecule has 1 rings (SSSR count). The highest BCUT2D eigenvalue weighted by Crippen LogP contribution is 2.16. The largest absolute Gasteiger partial charge is 0.314 e. The summed E-state index contributed by atoms with van der Waals surface area (Å²) >= 11 is 2.45. The van der Waals surface area contributed by atoms with Gasteiger partial charge in [-0.15, -0.1) is 0 Å². The fraction of sp³-hybridized carbons (Fsp3) is 1.00. The molecule has 72 valence electrons. The van der Waals surface area contributed by atoms with Crippen molar-refractivity contribution in [3.05, 3.63) is 0 Å². The second-order valence-electron chi connectivity index (χ2n) is 3.69. The molecule has 1 aliphatic carbocycles. The molecule has 1 nitrogen and oxygen atoms in total. The lowest BCUT2D eigenvalue weighted by molar-refractivity contribution is 0.462. The molecule has 0 aromatic rings. The van der Waals surface area contributed by atoms with Crippen LogP contribution in [0.25, 0.3) is 0 Å². The van der Waals surface area contributed by atoms with Crippen molar-refractivity contribution in [2.75, 3.05) is 11.0 Å². The van der Waals surface area contributed by atoms with E-state index in [0.717, 1.165) is 6.04 Å². The van der Waals surface area contributed by atoms with Crippen molar-refractivity contribution >= 4 is 22.6 Å². The van der Waals surface area contributed by atoms with Gasteiger partial charge < -0.3 is 5.32 Å². The van der Waals surface area contributed by atoms with Gasteiger partial charge in [0.25, 0.3) is 0 Å². The Morgan fingerprint density at radius 2 is 1.75 bits per heavy atom. The van der Waals surface area contributed by atoms with Crippen molar-refractivity contribution in [3.63, 3.8) is 0 Å². The van der Waals surface area contributed by atoms with Crippen molar-refractivity contribution in [2.45, 2.75) is 51.0 Å². The van der Waals surface area contributed by atoms with Crippen LogP contribution in [0, 0.1) is 0 Å². The van der Waals surface area contributed by atoms with Gasteiger partial charge in [0, 0.05) is 10.5 Å². The van der Waals surface area contributed by atoms with Crippen molar-refractivity contribution in [3.8, 4) is 0 Å². The Hall–Kier alpha value is 0.690. The molecule has 0 aromatic heterocycles. The molecule has 0 unspecified atom stereocenters. The van der Waals surface area contributed by atoms with E-state index in [2.05, 4.69) is 27.9 Å². The Labute approximate surface area is 89.8 Å². The van der Waals surface area contributed by atoms with Gasteiger partial charge in [0.15, 0.2) is 0 Å². The van der Waals surface area contributed by atoms with Crippen LogP contribution in [0.4, 0.5) is 0 Å². The van der Waals surface area contributed by atoms with Crippen LogP contribution in [0.2, 0.25) is 0 Å². The predicted molar refractivity (Wildman–Crippen MR) is 63.0 cm³/mol. The molecule has 0 amide bonds.